The lowest BCUT2D eigenvalue weighted by Crippen LogP contribution is -2.18. The summed E-state index contributed by atoms with van der Waals surface area (Å²) in [5.74, 6) is 0.661. The normalized spacial score (nSPS) is 10.3. The molecule has 2 heterocycles. The molecule has 0 aliphatic carbocycles. The van der Waals surface area contributed by atoms with Crippen LogP contribution in [0.4, 0.5) is 16.7 Å². The molecule has 0 saturated carbocycles. The van der Waals surface area contributed by atoms with E-state index in [1.54, 1.807) is 19.2 Å². The Morgan fingerprint density at radius 2 is 2.00 bits per heavy atom. The van der Waals surface area contributed by atoms with Crippen molar-refractivity contribution in [1.29, 1.82) is 0 Å². The number of aromatic nitrogens is 2. The molecule has 3 rings (SSSR count). The number of hydrogen-bond acceptors (Lipinski definition) is 8. The van der Waals surface area contributed by atoms with Gasteiger partial charge in [-0.1, -0.05) is 11.3 Å². The molecular weight excluding hydrogens is 366 g/mol. The van der Waals surface area contributed by atoms with Gasteiger partial charge in [0.05, 0.1) is 13.2 Å². The summed E-state index contributed by atoms with van der Waals surface area (Å²) < 4.78 is 10.2. The number of methoxy groups -OCH3 is 1. The first-order valence-corrected chi connectivity index (χ1v) is 8.08. The maximum atomic E-state index is 10.6. The van der Waals surface area contributed by atoms with Crippen molar-refractivity contribution in [2.75, 3.05) is 17.7 Å². The van der Waals surface area contributed by atoms with E-state index in [-0.39, 0.29) is 11.6 Å². The SMILES string of the molecule is COc1ccc(NC(=S)Nc2nnc(-c3ccc([N+](=O)[O-])o3)s2)cc1. The second kappa shape index (κ2) is 7.23. The van der Waals surface area contributed by atoms with E-state index in [9.17, 15) is 10.1 Å². The average molecular weight is 377 g/mol. The summed E-state index contributed by atoms with van der Waals surface area (Å²) in [5, 5.41) is 25.6. The fourth-order valence-electron chi connectivity index (χ4n) is 1.85. The van der Waals surface area contributed by atoms with Gasteiger partial charge in [-0.2, -0.15) is 0 Å². The lowest BCUT2D eigenvalue weighted by atomic mass is 10.3. The zero-order chi connectivity index (χ0) is 17.8. The number of nitro groups is 1. The molecule has 25 heavy (non-hydrogen) atoms. The highest BCUT2D eigenvalue weighted by atomic mass is 32.1. The second-order valence-electron chi connectivity index (χ2n) is 4.61. The van der Waals surface area contributed by atoms with Crippen LogP contribution in [0.2, 0.25) is 0 Å². The predicted molar refractivity (Wildman–Crippen MR) is 97.1 cm³/mol. The number of nitrogens with one attached hydrogen (secondary N) is 2. The highest BCUT2D eigenvalue weighted by Gasteiger charge is 2.16. The Labute approximate surface area is 150 Å². The van der Waals surface area contributed by atoms with Crippen LogP contribution >= 0.6 is 23.6 Å². The van der Waals surface area contributed by atoms with Gasteiger partial charge in [0.2, 0.25) is 5.13 Å². The lowest BCUT2D eigenvalue weighted by molar-refractivity contribution is -0.401. The van der Waals surface area contributed by atoms with Crippen LogP contribution in [0.3, 0.4) is 0 Å². The van der Waals surface area contributed by atoms with Crippen LogP contribution in [0.1, 0.15) is 0 Å². The monoisotopic (exact) mass is 377 g/mol. The Kier molecular flexibility index (Phi) is 4.86. The van der Waals surface area contributed by atoms with Crippen LogP contribution in [0.25, 0.3) is 10.8 Å². The molecule has 0 bridgehead atoms. The van der Waals surface area contributed by atoms with Gasteiger partial charge >= 0.3 is 5.88 Å². The van der Waals surface area contributed by atoms with E-state index in [2.05, 4.69) is 20.8 Å². The molecular formula is C14H11N5O4S2. The third-order valence-corrected chi connectivity index (χ3v) is 4.03. The fourth-order valence-corrected chi connectivity index (χ4v) is 2.84. The molecule has 0 saturated heterocycles. The van der Waals surface area contributed by atoms with E-state index in [4.69, 9.17) is 21.4 Å². The number of rotatable bonds is 5. The molecule has 0 spiro atoms. The Hall–Kier alpha value is -3.05. The molecule has 0 aliphatic heterocycles. The summed E-state index contributed by atoms with van der Waals surface area (Å²) in [7, 11) is 1.59. The van der Waals surface area contributed by atoms with Crippen molar-refractivity contribution in [3.63, 3.8) is 0 Å². The minimum Gasteiger partial charge on any atom is -0.497 e. The quantitative estimate of drug-likeness (QED) is 0.391. The van der Waals surface area contributed by atoms with Gasteiger partial charge in [0.15, 0.2) is 15.9 Å². The maximum absolute atomic E-state index is 10.6. The standard InChI is InChI=1S/C14H11N5O4S2/c1-22-9-4-2-8(3-5-9)15-13(24)16-14-18-17-12(25-14)10-6-7-11(23-10)19(20)21/h2-7H,1H3,(H2,15,16,18,24). The Bertz CT molecular complexity index is 906. The van der Waals surface area contributed by atoms with E-state index >= 15 is 0 Å². The number of anilines is 2. The molecule has 0 radical (unpaired) electrons. The van der Waals surface area contributed by atoms with Crippen molar-refractivity contribution in [3.8, 4) is 16.5 Å². The van der Waals surface area contributed by atoms with Crippen LogP contribution in [0, 0.1) is 10.1 Å². The summed E-state index contributed by atoms with van der Waals surface area (Å²) in [4.78, 5) is 10.0. The van der Waals surface area contributed by atoms with Gasteiger partial charge in [0.25, 0.3) is 0 Å². The van der Waals surface area contributed by atoms with Crippen LogP contribution in [-0.4, -0.2) is 27.3 Å². The van der Waals surface area contributed by atoms with Crippen LogP contribution in [-0.2, 0) is 0 Å². The van der Waals surface area contributed by atoms with E-state index < -0.39 is 4.92 Å². The van der Waals surface area contributed by atoms with Gasteiger partial charge < -0.3 is 19.8 Å². The van der Waals surface area contributed by atoms with Crippen molar-refractivity contribution < 1.29 is 14.1 Å². The molecule has 9 nitrogen and oxygen atoms in total. The van der Waals surface area contributed by atoms with Gasteiger partial charge in [-0.3, -0.25) is 10.1 Å². The van der Waals surface area contributed by atoms with E-state index in [1.165, 1.54) is 12.1 Å². The summed E-state index contributed by atoms with van der Waals surface area (Å²) in [6, 6.07) is 9.98. The summed E-state index contributed by atoms with van der Waals surface area (Å²) >= 11 is 6.38. The van der Waals surface area contributed by atoms with E-state index in [0.29, 0.717) is 15.3 Å². The minimum atomic E-state index is -0.613. The molecule has 0 aliphatic rings. The molecule has 0 fully saturated rings. The topological polar surface area (TPSA) is 115 Å². The third-order valence-electron chi connectivity index (χ3n) is 2.98. The third kappa shape index (κ3) is 4.08. The van der Waals surface area contributed by atoms with E-state index in [1.807, 2.05) is 12.1 Å². The highest BCUT2D eigenvalue weighted by molar-refractivity contribution is 7.80. The molecule has 128 valence electrons. The largest absolute Gasteiger partial charge is 0.497 e. The number of ether oxygens (including phenoxy) is 1. The van der Waals surface area contributed by atoms with Crippen LogP contribution in [0.5, 0.6) is 5.75 Å². The summed E-state index contributed by atoms with van der Waals surface area (Å²) in [6.07, 6.45) is 0. The predicted octanol–water partition coefficient (Wildman–Crippen LogP) is 3.52. The Balaban J connectivity index is 1.63. The Morgan fingerprint density at radius 1 is 1.24 bits per heavy atom. The van der Waals surface area contributed by atoms with Crippen molar-refractivity contribution in [3.05, 3.63) is 46.5 Å². The van der Waals surface area contributed by atoms with E-state index in [0.717, 1.165) is 22.8 Å². The van der Waals surface area contributed by atoms with Gasteiger partial charge in [0.1, 0.15) is 10.7 Å². The number of benzene rings is 1. The molecule has 0 unspecified atom stereocenters. The zero-order valence-electron chi connectivity index (χ0n) is 12.8. The van der Waals surface area contributed by atoms with Crippen molar-refractivity contribution in [2.45, 2.75) is 0 Å². The molecule has 1 aromatic carbocycles. The number of nitrogens with zero attached hydrogens (tertiary/aromatic N) is 3. The van der Waals surface area contributed by atoms with Gasteiger partial charge in [-0.05, 0) is 42.5 Å². The summed E-state index contributed by atoms with van der Waals surface area (Å²) in [6.45, 7) is 0. The highest BCUT2D eigenvalue weighted by Crippen LogP contribution is 2.30. The van der Waals surface area contributed by atoms with Gasteiger partial charge in [0, 0.05) is 5.69 Å². The van der Waals surface area contributed by atoms with Crippen molar-refractivity contribution >= 4 is 45.4 Å². The van der Waals surface area contributed by atoms with Crippen LogP contribution < -0.4 is 15.4 Å². The fraction of sp³-hybridized carbons (Fsp3) is 0.0714. The second-order valence-corrected chi connectivity index (χ2v) is 6.00. The molecule has 2 N–H and O–H groups in total. The average Bonchev–Trinajstić information content (AvgIpc) is 3.24. The van der Waals surface area contributed by atoms with Crippen molar-refractivity contribution in [1.82, 2.24) is 10.2 Å². The molecule has 2 aromatic heterocycles. The first-order chi connectivity index (χ1) is 12.0. The number of thiocarbonyl (C=S) groups is 1. The number of furan rings is 1. The molecule has 0 amide bonds. The first kappa shape index (κ1) is 16.8. The smallest absolute Gasteiger partial charge is 0.433 e. The van der Waals surface area contributed by atoms with Gasteiger partial charge in [-0.15, -0.1) is 10.2 Å². The molecule has 3 aromatic rings. The van der Waals surface area contributed by atoms with Gasteiger partial charge in [-0.25, -0.2) is 0 Å². The van der Waals surface area contributed by atoms with Crippen LogP contribution in [0.15, 0.2) is 40.8 Å². The maximum Gasteiger partial charge on any atom is 0.433 e. The number of hydrogen-bond donors (Lipinski definition) is 2. The lowest BCUT2D eigenvalue weighted by Gasteiger charge is -2.08. The summed E-state index contributed by atoms with van der Waals surface area (Å²) in [5.41, 5.74) is 0.782. The molecule has 11 heteroatoms. The minimum absolute atomic E-state index is 0.270. The Morgan fingerprint density at radius 3 is 2.64 bits per heavy atom. The zero-order valence-corrected chi connectivity index (χ0v) is 14.4. The molecule has 0 atom stereocenters. The van der Waals surface area contributed by atoms with Crippen molar-refractivity contribution in [2.24, 2.45) is 0 Å². The first-order valence-electron chi connectivity index (χ1n) is 6.85.